The van der Waals surface area contributed by atoms with Crippen molar-refractivity contribution < 1.29 is 9.53 Å². The van der Waals surface area contributed by atoms with E-state index in [0.717, 1.165) is 38.2 Å². The van der Waals surface area contributed by atoms with Crippen molar-refractivity contribution in [2.45, 2.75) is 24.2 Å². The van der Waals surface area contributed by atoms with Crippen LogP contribution in [0.15, 0.2) is 35.2 Å². The van der Waals surface area contributed by atoms with Crippen molar-refractivity contribution in [1.29, 1.82) is 0 Å². The molecule has 1 heterocycles. The molecule has 4 nitrogen and oxygen atoms in total. The van der Waals surface area contributed by atoms with Crippen molar-refractivity contribution in [2.24, 2.45) is 5.41 Å². The van der Waals surface area contributed by atoms with E-state index in [0.29, 0.717) is 13.0 Å². The van der Waals surface area contributed by atoms with E-state index in [2.05, 4.69) is 22.8 Å². The Bertz CT molecular complexity index is 448. The van der Waals surface area contributed by atoms with E-state index in [4.69, 9.17) is 4.74 Å². The predicted molar refractivity (Wildman–Crippen MR) is 98.5 cm³/mol. The number of benzene rings is 1. The topological polar surface area (TPSA) is 50.4 Å². The highest BCUT2D eigenvalue weighted by atomic mass is 35.5. The normalized spacial score (nSPS) is 16.4. The monoisotopic (exact) mass is 358 g/mol. The number of hydrogen-bond acceptors (Lipinski definition) is 4. The van der Waals surface area contributed by atoms with Crippen LogP contribution in [0, 0.1) is 5.41 Å². The molecule has 0 bridgehead atoms. The van der Waals surface area contributed by atoms with Gasteiger partial charge in [0, 0.05) is 36.1 Å². The van der Waals surface area contributed by atoms with E-state index in [9.17, 15) is 4.79 Å². The van der Waals surface area contributed by atoms with Crippen LogP contribution in [0.1, 0.15) is 19.3 Å². The van der Waals surface area contributed by atoms with E-state index in [1.54, 1.807) is 18.9 Å². The molecule has 0 unspecified atom stereocenters. The van der Waals surface area contributed by atoms with Crippen molar-refractivity contribution in [3.05, 3.63) is 30.3 Å². The van der Waals surface area contributed by atoms with Crippen LogP contribution in [0.2, 0.25) is 0 Å². The Labute approximate surface area is 149 Å². The molecule has 2 N–H and O–H groups in total. The largest absolute Gasteiger partial charge is 0.384 e. The molecule has 23 heavy (non-hydrogen) atoms. The van der Waals surface area contributed by atoms with Crippen LogP contribution in [0.3, 0.4) is 0 Å². The number of methoxy groups -OCH3 is 1. The number of rotatable bonds is 8. The first kappa shape index (κ1) is 20.3. The minimum atomic E-state index is 0. The molecule has 1 aliphatic heterocycles. The zero-order chi connectivity index (χ0) is 15.7. The van der Waals surface area contributed by atoms with Crippen molar-refractivity contribution in [3.63, 3.8) is 0 Å². The fourth-order valence-corrected chi connectivity index (χ4v) is 3.66. The molecule has 1 amide bonds. The summed E-state index contributed by atoms with van der Waals surface area (Å²) in [6.45, 7) is 3.44. The molecule has 1 saturated heterocycles. The standard InChI is InChI=1S/C17H26N2O2S.ClH/c1-21-14-17(8-10-18-11-9-17)13-19-16(20)7-12-22-15-5-3-2-4-6-15;/h2-6,18H,7-14H2,1H3,(H,19,20);1H. The average Bonchev–Trinajstić information content (AvgIpc) is 2.55. The van der Waals surface area contributed by atoms with Gasteiger partial charge in [-0.05, 0) is 38.1 Å². The van der Waals surface area contributed by atoms with E-state index >= 15 is 0 Å². The van der Waals surface area contributed by atoms with Crippen LogP contribution in [-0.4, -0.2) is 45.0 Å². The summed E-state index contributed by atoms with van der Waals surface area (Å²) < 4.78 is 5.37. The van der Waals surface area contributed by atoms with Crippen LogP contribution < -0.4 is 10.6 Å². The fraction of sp³-hybridized carbons (Fsp3) is 0.588. The van der Waals surface area contributed by atoms with Gasteiger partial charge < -0.3 is 15.4 Å². The molecule has 0 aliphatic carbocycles. The summed E-state index contributed by atoms with van der Waals surface area (Å²) in [7, 11) is 1.74. The molecule has 0 radical (unpaired) electrons. The second-order valence-electron chi connectivity index (χ2n) is 5.87. The summed E-state index contributed by atoms with van der Waals surface area (Å²) in [5, 5.41) is 6.47. The summed E-state index contributed by atoms with van der Waals surface area (Å²) in [6.07, 6.45) is 2.67. The summed E-state index contributed by atoms with van der Waals surface area (Å²) >= 11 is 1.72. The lowest BCUT2D eigenvalue weighted by Crippen LogP contribution is -2.47. The number of amides is 1. The molecule has 2 rings (SSSR count). The first-order valence-electron chi connectivity index (χ1n) is 7.88. The lowest BCUT2D eigenvalue weighted by Gasteiger charge is -2.37. The van der Waals surface area contributed by atoms with Gasteiger partial charge in [0.1, 0.15) is 0 Å². The highest BCUT2D eigenvalue weighted by molar-refractivity contribution is 7.99. The number of halogens is 1. The third-order valence-electron chi connectivity index (χ3n) is 4.12. The number of carbonyl (C=O) groups is 1. The van der Waals surface area contributed by atoms with Crippen LogP contribution in [0.25, 0.3) is 0 Å². The maximum Gasteiger partial charge on any atom is 0.220 e. The second kappa shape index (κ2) is 10.9. The molecule has 130 valence electrons. The molecule has 1 fully saturated rings. The Balaban J connectivity index is 0.00000264. The van der Waals surface area contributed by atoms with Gasteiger partial charge in [-0.2, -0.15) is 0 Å². The molecule has 6 heteroatoms. The molecular weight excluding hydrogens is 332 g/mol. The zero-order valence-corrected chi connectivity index (χ0v) is 15.3. The lowest BCUT2D eigenvalue weighted by molar-refractivity contribution is -0.121. The van der Waals surface area contributed by atoms with Crippen molar-refractivity contribution >= 4 is 30.1 Å². The van der Waals surface area contributed by atoms with Crippen LogP contribution in [-0.2, 0) is 9.53 Å². The predicted octanol–water partition coefficient (Wildman–Crippen LogP) is 2.72. The number of nitrogens with one attached hydrogen (secondary N) is 2. The number of hydrogen-bond donors (Lipinski definition) is 2. The lowest BCUT2D eigenvalue weighted by atomic mass is 9.79. The molecular formula is C17H27ClN2O2S. The summed E-state index contributed by atoms with van der Waals surface area (Å²) in [5.41, 5.74) is 0.0994. The van der Waals surface area contributed by atoms with E-state index in [1.807, 2.05) is 18.2 Å². The maximum atomic E-state index is 12.0. The van der Waals surface area contributed by atoms with E-state index < -0.39 is 0 Å². The quantitative estimate of drug-likeness (QED) is 0.701. The minimum absolute atomic E-state index is 0. The van der Waals surface area contributed by atoms with Gasteiger partial charge in [-0.25, -0.2) is 0 Å². The second-order valence-corrected chi connectivity index (χ2v) is 7.04. The molecule has 0 spiro atoms. The third-order valence-corrected chi connectivity index (χ3v) is 5.13. The maximum absolute atomic E-state index is 12.0. The number of ether oxygens (including phenoxy) is 1. The van der Waals surface area contributed by atoms with Gasteiger partial charge in [0.2, 0.25) is 5.91 Å². The minimum Gasteiger partial charge on any atom is -0.384 e. The Morgan fingerprint density at radius 2 is 2.00 bits per heavy atom. The van der Waals surface area contributed by atoms with Crippen LogP contribution in [0.5, 0.6) is 0 Å². The van der Waals surface area contributed by atoms with Crippen molar-refractivity contribution in [3.8, 4) is 0 Å². The molecule has 0 atom stereocenters. The van der Waals surface area contributed by atoms with Gasteiger partial charge >= 0.3 is 0 Å². The number of carbonyl (C=O) groups excluding carboxylic acids is 1. The van der Waals surface area contributed by atoms with Crippen LogP contribution in [0.4, 0.5) is 0 Å². The van der Waals surface area contributed by atoms with Gasteiger partial charge in [0.15, 0.2) is 0 Å². The zero-order valence-electron chi connectivity index (χ0n) is 13.7. The highest BCUT2D eigenvalue weighted by Gasteiger charge is 2.32. The van der Waals surface area contributed by atoms with Crippen LogP contribution >= 0.6 is 24.2 Å². The van der Waals surface area contributed by atoms with Gasteiger partial charge in [0.05, 0.1) is 6.61 Å². The van der Waals surface area contributed by atoms with E-state index in [-0.39, 0.29) is 23.7 Å². The Kier molecular flexibility index (Phi) is 9.63. The molecule has 0 aromatic heterocycles. The van der Waals surface area contributed by atoms with Gasteiger partial charge in [-0.15, -0.1) is 24.2 Å². The SMILES string of the molecule is COCC1(CNC(=O)CCSc2ccccc2)CCNCC1.Cl. The Morgan fingerprint density at radius 1 is 1.30 bits per heavy atom. The molecule has 0 saturated carbocycles. The smallest absolute Gasteiger partial charge is 0.220 e. The van der Waals surface area contributed by atoms with Crippen molar-refractivity contribution in [1.82, 2.24) is 10.6 Å². The van der Waals surface area contributed by atoms with Crippen molar-refractivity contribution in [2.75, 3.05) is 39.1 Å². The fourth-order valence-electron chi connectivity index (χ4n) is 2.79. The van der Waals surface area contributed by atoms with Gasteiger partial charge in [-0.3, -0.25) is 4.79 Å². The Hall–Kier alpha value is -0.750. The Morgan fingerprint density at radius 3 is 2.65 bits per heavy atom. The first-order valence-corrected chi connectivity index (χ1v) is 8.87. The average molecular weight is 359 g/mol. The van der Waals surface area contributed by atoms with E-state index in [1.165, 1.54) is 4.90 Å². The third kappa shape index (κ3) is 7.12. The molecule has 1 aromatic rings. The highest BCUT2D eigenvalue weighted by Crippen LogP contribution is 2.28. The summed E-state index contributed by atoms with van der Waals surface area (Å²) in [6, 6.07) is 10.2. The van der Waals surface area contributed by atoms with Gasteiger partial charge in [0.25, 0.3) is 0 Å². The van der Waals surface area contributed by atoms with Gasteiger partial charge in [-0.1, -0.05) is 18.2 Å². The summed E-state index contributed by atoms with van der Waals surface area (Å²) in [4.78, 5) is 13.3. The number of piperidine rings is 1. The molecule has 1 aromatic carbocycles. The number of thioether (sulfide) groups is 1. The molecule has 1 aliphatic rings. The summed E-state index contributed by atoms with van der Waals surface area (Å²) in [5.74, 6) is 0.951. The first-order chi connectivity index (χ1) is 10.7.